The van der Waals surface area contributed by atoms with Crippen molar-refractivity contribution >= 4 is 52.2 Å². The molecule has 2 aromatic rings. The van der Waals surface area contributed by atoms with Crippen LogP contribution in [-0.2, 0) is 14.3 Å². The number of amides is 3. The van der Waals surface area contributed by atoms with Gasteiger partial charge in [0.15, 0.2) is 6.61 Å². The highest BCUT2D eigenvalue weighted by atomic mass is 32.1. The van der Waals surface area contributed by atoms with E-state index in [2.05, 4.69) is 5.32 Å². The Labute approximate surface area is 140 Å². The first-order valence-electron chi connectivity index (χ1n) is 6.58. The summed E-state index contributed by atoms with van der Waals surface area (Å²) in [5, 5.41) is 8.02. The Hall–Kier alpha value is -2.45. The zero-order valence-electron chi connectivity index (χ0n) is 12.2. The average Bonchev–Trinajstić information content (AvgIpc) is 3.23. The number of rotatable bonds is 5. The number of imide groups is 1. The zero-order valence-corrected chi connectivity index (χ0v) is 13.8. The smallest absolute Gasteiger partial charge is 0.340 e. The van der Waals surface area contributed by atoms with E-state index >= 15 is 0 Å². The molecule has 2 N–H and O–H groups in total. The van der Waals surface area contributed by atoms with E-state index in [9.17, 15) is 14.4 Å². The van der Waals surface area contributed by atoms with Crippen molar-refractivity contribution in [2.75, 3.05) is 13.7 Å². The van der Waals surface area contributed by atoms with Crippen LogP contribution >= 0.6 is 22.7 Å². The number of urea groups is 1. The first kappa shape index (κ1) is 16.9. The molecule has 0 saturated carbocycles. The van der Waals surface area contributed by atoms with Gasteiger partial charge in [0.1, 0.15) is 0 Å². The van der Waals surface area contributed by atoms with Crippen molar-refractivity contribution in [2.45, 2.75) is 0 Å². The van der Waals surface area contributed by atoms with E-state index in [1.165, 1.54) is 29.7 Å². The molecule has 2 rings (SSSR count). The first-order chi connectivity index (χ1) is 11.1. The molecule has 0 aliphatic carbocycles. The summed E-state index contributed by atoms with van der Waals surface area (Å²) in [5.74, 6) is -1.31. The SMILES string of the molecule is CNC(=O)NC(=O)COC(=O)/C(=C/c1cccs1)c1cccs1. The van der Waals surface area contributed by atoms with E-state index in [0.29, 0.717) is 5.57 Å². The van der Waals surface area contributed by atoms with E-state index in [-0.39, 0.29) is 0 Å². The van der Waals surface area contributed by atoms with Crippen LogP contribution in [0.5, 0.6) is 0 Å². The fourth-order valence-corrected chi connectivity index (χ4v) is 3.00. The van der Waals surface area contributed by atoms with E-state index in [0.717, 1.165) is 9.75 Å². The molecular formula is C15H14N2O4S2. The van der Waals surface area contributed by atoms with Crippen molar-refractivity contribution in [2.24, 2.45) is 0 Å². The monoisotopic (exact) mass is 350 g/mol. The number of carbonyl (C=O) groups excluding carboxylic acids is 3. The summed E-state index contributed by atoms with van der Waals surface area (Å²) < 4.78 is 5.00. The maximum atomic E-state index is 12.3. The molecule has 23 heavy (non-hydrogen) atoms. The van der Waals surface area contributed by atoms with Crippen LogP contribution in [0.2, 0.25) is 0 Å². The molecule has 0 aliphatic heterocycles. The number of ether oxygens (including phenoxy) is 1. The summed E-state index contributed by atoms with van der Waals surface area (Å²) in [4.78, 5) is 36.4. The molecule has 6 nitrogen and oxygen atoms in total. The third kappa shape index (κ3) is 5.04. The molecule has 0 fully saturated rings. The van der Waals surface area contributed by atoms with Crippen molar-refractivity contribution in [1.82, 2.24) is 10.6 Å². The molecule has 2 heterocycles. The second-order valence-electron chi connectivity index (χ2n) is 4.25. The van der Waals surface area contributed by atoms with Gasteiger partial charge in [0.05, 0.1) is 5.57 Å². The van der Waals surface area contributed by atoms with Crippen LogP contribution < -0.4 is 10.6 Å². The predicted octanol–water partition coefficient (Wildman–Crippen LogP) is 2.35. The Balaban J connectivity index is 2.06. The maximum absolute atomic E-state index is 12.3. The van der Waals surface area contributed by atoms with Crippen LogP contribution in [-0.4, -0.2) is 31.6 Å². The van der Waals surface area contributed by atoms with E-state index in [4.69, 9.17) is 4.74 Å². The summed E-state index contributed by atoms with van der Waals surface area (Å²) >= 11 is 2.89. The molecule has 0 aliphatic rings. The zero-order chi connectivity index (χ0) is 16.7. The van der Waals surface area contributed by atoms with Crippen molar-refractivity contribution in [3.8, 4) is 0 Å². The van der Waals surface area contributed by atoms with E-state index in [1.807, 2.05) is 34.3 Å². The lowest BCUT2D eigenvalue weighted by atomic mass is 10.2. The quantitative estimate of drug-likeness (QED) is 0.640. The number of hydrogen-bond donors (Lipinski definition) is 2. The number of esters is 1. The topological polar surface area (TPSA) is 84.5 Å². The van der Waals surface area contributed by atoms with Crippen LogP contribution in [0.3, 0.4) is 0 Å². The van der Waals surface area contributed by atoms with Gasteiger partial charge < -0.3 is 10.1 Å². The molecule has 0 radical (unpaired) electrons. The van der Waals surface area contributed by atoms with Crippen molar-refractivity contribution in [1.29, 1.82) is 0 Å². The van der Waals surface area contributed by atoms with Gasteiger partial charge in [0.2, 0.25) is 0 Å². The fraction of sp³-hybridized carbons (Fsp3) is 0.133. The molecular weight excluding hydrogens is 336 g/mol. The van der Waals surface area contributed by atoms with Gasteiger partial charge in [-0.15, -0.1) is 22.7 Å². The molecule has 8 heteroatoms. The molecule has 2 aromatic heterocycles. The van der Waals surface area contributed by atoms with Gasteiger partial charge in [0, 0.05) is 16.8 Å². The van der Waals surface area contributed by atoms with Crippen molar-refractivity contribution in [3.63, 3.8) is 0 Å². The van der Waals surface area contributed by atoms with Crippen LogP contribution in [0.4, 0.5) is 4.79 Å². The molecule has 0 saturated heterocycles. The molecule has 3 amide bonds. The molecule has 0 unspecified atom stereocenters. The summed E-state index contributed by atoms with van der Waals surface area (Å²) in [6, 6.07) is 6.73. The highest BCUT2D eigenvalue weighted by molar-refractivity contribution is 7.12. The summed E-state index contributed by atoms with van der Waals surface area (Å²) in [6.45, 7) is -0.528. The highest BCUT2D eigenvalue weighted by Gasteiger charge is 2.17. The molecule has 0 bridgehead atoms. The Morgan fingerprint density at radius 3 is 2.52 bits per heavy atom. The lowest BCUT2D eigenvalue weighted by Crippen LogP contribution is -2.39. The van der Waals surface area contributed by atoms with Crippen molar-refractivity contribution in [3.05, 3.63) is 44.8 Å². The number of nitrogens with one attached hydrogen (secondary N) is 2. The lowest BCUT2D eigenvalue weighted by Gasteiger charge is -2.07. The van der Waals surface area contributed by atoms with Crippen LogP contribution in [0.1, 0.15) is 9.75 Å². The molecule has 0 atom stereocenters. The fourth-order valence-electron chi connectivity index (χ4n) is 1.61. The minimum Gasteiger partial charge on any atom is -0.452 e. The van der Waals surface area contributed by atoms with Gasteiger partial charge >= 0.3 is 12.0 Å². The first-order valence-corrected chi connectivity index (χ1v) is 8.34. The van der Waals surface area contributed by atoms with Gasteiger partial charge in [-0.25, -0.2) is 9.59 Å². The number of hydrogen-bond acceptors (Lipinski definition) is 6. The summed E-state index contributed by atoms with van der Waals surface area (Å²) in [7, 11) is 1.38. The number of thiophene rings is 2. The van der Waals surface area contributed by atoms with Gasteiger partial charge in [-0.1, -0.05) is 12.1 Å². The minimum atomic E-state index is -0.695. The highest BCUT2D eigenvalue weighted by Crippen LogP contribution is 2.25. The number of carbonyl (C=O) groups is 3. The molecule has 0 aromatic carbocycles. The largest absolute Gasteiger partial charge is 0.452 e. The second kappa shape index (κ2) is 8.25. The summed E-state index contributed by atoms with van der Waals surface area (Å²) in [5.41, 5.74) is 0.371. The van der Waals surface area contributed by atoms with E-state index < -0.39 is 24.5 Å². The van der Waals surface area contributed by atoms with Gasteiger partial charge in [-0.05, 0) is 29.0 Å². The van der Waals surface area contributed by atoms with Gasteiger partial charge in [-0.3, -0.25) is 10.1 Å². The second-order valence-corrected chi connectivity index (χ2v) is 6.18. The molecule has 120 valence electrons. The standard InChI is InChI=1S/C15H14N2O4S2/c1-16-15(20)17-13(18)9-21-14(19)11(12-5-3-7-23-12)8-10-4-2-6-22-10/h2-8H,9H2,1H3,(H2,16,17,18,20)/b11-8+. The molecule has 0 spiro atoms. The Kier molecular flexibility index (Phi) is 6.07. The van der Waals surface area contributed by atoms with E-state index in [1.54, 1.807) is 12.1 Å². The van der Waals surface area contributed by atoms with Gasteiger partial charge in [-0.2, -0.15) is 0 Å². The van der Waals surface area contributed by atoms with Crippen LogP contribution in [0.25, 0.3) is 11.6 Å². The normalized spacial score (nSPS) is 10.9. The van der Waals surface area contributed by atoms with Crippen LogP contribution in [0.15, 0.2) is 35.0 Å². The maximum Gasteiger partial charge on any atom is 0.340 e. The Bertz CT molecular complexity index is 706. The van der Waals surface area contributed by atoms with Crippen molar-refractivity contribution < 1.29 is 19.1 Å². The predicted molar refractivity (Wildman–Crippen MR) is 90.1 cm³/mol. The van der Waals surface area contributed by atoms with Crippen LogP contribution in [0, 0.1) is 0 Å². The third-order valence-electron chi connectivity index (χ3n) is 2.65. The Morgan fingerprint density at radius 2 is 1.91 bits per heavy atom. The van der Waals surface area contributed by atoms with Gasteiger partial charge in [0.25, 0.3) is 5.91 Å². The Morgan fingerprint density at radius 1 is 1.17 bits per heavy atom. The third-order valence-corrected chi connectivity index (χ3v) is 4.37. The summed E-state index contributed by atoms with van der Waals surface area (Å²) in [6.07, 6.45) is 1.72. The average molecular weight is 350 g/mol. The lowest BCUT2D eigenvalue weighted by molar-refractivity contribution is -0.142. The minimum absolute atomic E-state index is 0.371.